The zero-order valence-electron chi connectivity index (χ0n) is 72.9. The highest BCUT2D eigenvalue weighted by molar-refractivity contribution is 5.67. The van der Waals surface area contributed by atoms with Crippen molar-refractivity contribution in [1.82, 2.24) is 99.1 Å². The van der Waals surface area contributed by atoms with Crippen LogP contribution in [0.15, 0.2) is 250 Å². The van der Waals surface area contributed by atoms with E-state index in [0.717, 1.165) is 91.4 Å². The first kappa shape index (κ1) is 94.3. The van der Waals surface area contributed by atoms with Gasteiger partial charge in [0.2, 0.25) is 0 Å². The molecule has 0 spiro atoms. The fourth-order valence-electron chi connectivity index (χ4n) is 14.3. The number of hydrogen-bond acceptors (Lipinski definition) is 20. The van der Waals surface area contributed by atoms with Crippen LogP contribution in [0.2, 0.25) is 0 Å². The average molecular weight is 1850 g/mol. The number of aromatic nitrogens is 20. The number of nitrogens with zero attached hydrogens (tertiary/aromatic N) is 20. The molecule has 0 atom stereocenters. The maximum atomic E-state index is 14.0. The Morgan fingerprint density at radius 1 is 0.306 bits per heavy atom. The van der Waals surface area contributed by atoms with Crippen molar-refractivity contribution in [3.63, 3.8) is 0 Å². The van der Waals surface area contributed by atoms with Crippen LogP contribution in [0.1, 0.15) is 111 Å². The standard InChI is InChI=1S/C25H22F3N5O2.C24H22F3N5O2.C23H20F3N5O2.C22H18F3N5O2/c1-15-5-3-7-21(29-15)17-11-12-23(20(13-17)25(26,27)28)35-14-19-18(16-9-10-16)6-4-8-22(19)33-24(34)32(2)30-31-33;1-4-16-8-6-10-21(32-23(33)31(3)29-30-32)18(16)14-34-22-12-11-17(13-19(22)24(25,26)27)20-9-5-7-15(2)28-20;1-3-17-8-6-9-19(27-17)15-11-12-21(18(13-15)23(24,25)26)33-14-16-7-4-5-10-20(16)31-22(32)30(2)28-29-31;1-14-6-5-8-18(26-14)15-10-11-20(17(12-15)22(23,24)25)32-13-16-7-3-4-9-19(16)30-21(31)29(2)27-28-30/h3-8,11-13,16H,9-10,14H2,1-2H3;5-13H,4,14H2,1-3H3;4-13H,3,14H2,1-2H3;3-12H,13H2,1-2H3. The molecule has 1 fully saturated rings. The second-order valence-electron chi connectivity index (χ2n) is 30.7. The molecule has 17 rings (SSSR count). The summed E-state index contributed by atoms with van der Waals surface area (Å²) < 4.78 is 198. The van der Waals surface area contributed by atoms with Gasteiger partial charge in [0, 0.05) is 95.5 Å². The Balaban J connectivity index is 0.000000143. The Morgan fingerprint density at radius 3 is 0.918 bits per heavy atom. The van der Waals surface area contributed by atoms with Crippen LogP contribution in [0.5, 0.6) is 23.0 Å². The summed E-state index contributed by atoms with van der Waals surface area (Å²) >= 11 is 0. The molecule has 690 valence electrons. The van der Waals surface area contributed by atoms with Gasteiger partial charge in [0.25, 0.3) is 0 Å². The lowest BCUT2D eigenvalue weighted by Crippen LogP contribution is -2.23. The van der Waals surface area contributed by atoms with Gasteiger partial charge >= 0.3 is 47.5 Å². The number of benzene rings is 8. The lowest BCUT2D eigenvalue weighted by atomic mass is 10.0. The fraction of sp³-hybridized carbons (Fsp3) is 0.234. The highest BCUT2D eigenvalue weighted by atomic mass is 19.4. The van der Waals surface area contributed by atoms with Crippen LogP contribution in [0.4, 0.5) is 52.7 Å². The highest BCUT2D eigenvalue weighted by Gasteiger charge is 2.40. The Labute approximate surface area is 754 Å². The van der Waals surface area contributed by atoms with Crippen molar-refractivity contribution in [2.24, 2.45) is 28.2 Å². The lowest BCUT2D eigenvalue weighted by molar-refractivity contribution is -0.139. The van der Waals surface area contributed by atoms with Gasteiger partial charge in [-0.05, 0) is 251 Å². The van der Waals surface area contributed by atoms with Gasteiger partial charge in [0.05, 0.1) is 67.8 Å². The van der Waals surface area contributed by atoms with E-state index in [1.165, 1.54) is 58.5 Å². The van der Waals surface area contributed by atoms with E-state index in [1.807, 2.05) is 32.0 Å². The molecule has 0 radical (unpaired) electrons. The van der Waals surface area contributed by atoms with E-state index in [-0.39, 0.29) is 55.3 Å². The highest BCUT2D eigenvalue weighted by Crippen LogP contribution is 2.46. The average Bonchev–Trinajstić information content (AvgIpc) is 1.51. The number of para-hydroxylation sites is 2. The minimum absolute atomic E-state index is 0.157. The SMILES string of the molecule is CCc1cccc(-c2ccc(OCc3ccccc3-n3nnn(C)c3=O)c(C(F)(F)F)c2)n1.CCc1cccc(-n2nnn(C)c2=O)c1COc1ccc(-c2cccc(C)n2)cc1C(F)(F)F.Cc1cccc(-c2ccc(OCc3c(C4CC4)cccc3-n3nnn(C)c3=O)c(C(F)(F)F)c2)n1.Cc1cccc(-c2ccc(OCc3ccccc3-n3nnn(C)c3=O)c(C(F)(F)F)c2)n1. The van der Waals surface area contributed by atoms with Crippen molar-refractivity contribution in [3.8, 4) is 90.8 Å². The zero-order valence-corrected chi connectivity index (χ0v) is 72.9. The van der Waals surface area contributed by atoms with E-state index < -0.39 is 69.7 Å². The summed E-state index contributed by atoms with van der Waals surface area (Å²) in [6, 6.07) is 60.3. The van der Waals surface area contributed by atoms with Gasteiger partial charge in [-0.2, -0.15) is 90.1 Å². The molecular formula is C94H82F12N20O8. The molecule has 8 heterocycles. The van der Waals surface area contributed by atoms with Gasteiger partial charge < -0.3 is 18.9 Å². The van der Waals surface area contributed by atoms with Gasteiger partial charge in [-0.15, -0.1) is 0 Å². The van der Waals surface area contributed by atoms with Gasteiger partial charge in [-0.25, -0.2) is 19.2 Å². The molecular weight excluding hydrogens is 1770 g/mol. The molecule has 1 saturated carbocycles. The summed E-state index contributed by atoms with van der Waals surface area (Å²) in [6.45, 7) is 8.41. The molecule has 0 saturated heterocycles. The van der Waals surface area contributed by atoms with E-state index in [2.05, 4.69) is 61.6 Å². The Bertz CT molecular complexity index is 7210. The van der Waals surface area contributed by atoms with Gasteiger partial charge in [0.15, 0.2) is 0 Å². The topological polar surface area (TPSA) is 299 Å². The lowest BCUT2D eigenvalue weighted by Gasteiger charge is -2.18. The first-order valence-electron chi connectivity index (χ1n) is 41.4. The smallest absolute Gasteiger partial charge is 0.419 e. The molecule has 134 heavy (non-hydrogen) atoms. The Morgan fingerprint density at radius 2 is 0.597 bits per heavy atom. The fourth-order valence-corrected chi connectivity index (χ4v) is 14.3. The maximum Gasteiger partial charge on any atom is 0.419 e. The van der Waals surface area contributed by atoms with E-state index in [0.29, 0.717) is 120 Å². The van der Waals surface area contributed by atoms with Gasteiger partial charge in [0.1, 0.15) is 49.4 Å². The van der Waals surface area contributed by atoms with Gasteiger partial charge in [-0.1, -0.05) is 98.8 Å². The zero-order chi connectivity index (χ0) is 95.7. The second-order valence-corrected chi connectivity index (χ2v) is 30.7. The Kier molecular flexibility index (Phi) is 28.1. The Hall–Kier alpha value is -15.8. The number of halogens is 12. The van der Waals surface area contributed by atoms with E-state index >= 15 is 0 Å². The van der Waals surface area contributed by atoms with Crippen molar-refractivity contribution in [1.29, 1.82) is 0 Å². The number of rotatable bonds is 23. The summed E-state index contributed by atoms with van der Waals surface area (Å²) in [7, 11) is 5.84. The normalized spacial score (nSPS) is 12.1. The molecule has 0 bridgehead atoms. The monoisotopic (exact) mass is 1850 g/mol. The predicted molar refractivity (Wildman–Crippen MR) is 467 cm³/mol. The molecule has 8 aromatic heterocycles. The van der Waals surface area contributed by atoms with E-state index in [4.69, 9.17) is 18.9 Å². The number of tetrazole rings is 4. The third-order valence-corrected chi connectivity index (χ3v) is 21.3. The summed E-state index contributed by atoms with van der Waals surface area (Å²) in [6.07, 6.45) is -15.3. The quantitative estimate of drug-likeness (QED) is 0.0537. The molecule has 16 aromatic rings. The number of ether oxygens (including phenoxy) is 4. The summed E-state index contributed by atoms with van der Waals surface area (Å²) in [5.41, 5.74) is 6.06. The third-order valence-electron chi connectivity index (χ3n) is 21.3. The number of aryl methyl sites for hydroxylation is 9. The van der Waals surface area contributed by atoms with Crippen LogP contribution in [-0.4, -0.2) is 99.1 Å². The molecule has 0 aliphatic heterocycles. The van der Waals surface area contributed by atoms with Crippen LogP contribution in [0.25, 0.3) is 67.8 Å². The molecule has 1 aliphatic carbocycles. The van der Waals surface area contributed by atoms with Crippen molar-refractivity contribution in [2.75, 3.05) is 0 Å². The number of pyridine rings is 4. The summed E-state index contributed by atoms with van der Waals surface area (Å²) in [5, 5.41) is 30.2. The molecule has 0 unspecified atom stereocenters. The molecule has 8 aromatic carbocycles. The van der Waals surface area contributed by atoms with E-state index in [9.17, 15) is 71.9 Å². The first-order valence-corrected chi connectivity index (χ1v) is 41.4. The van der Waals surface area contributed by atoms with Crippen LogP contribution in [0.3, 0.4) is 0 Å². The van der Waals surface area contributed by atoms with E-state index in [1.54, 1.807) is 178 Å². The van der Waals surface area contributed by atoms with Crippen molar-refractivity contribution in [2.45, 2.75) is 117 Å². The first-order chi connectivity index (χ1) is 63.9. The van der Waals surface area contributed by atoms with Crippen LogP contribution >= 0.6 is 0 Å². The van der Waals surface area contributed by atoms with Crippen molar-refractivity contribution < 1.29 is 71.6 Å². The van der Waals surface area contributed by atoms with Crippen molar-refractivity contribution >= 4 is 0 Å². The summed E-state index contributed by atoms with van der Waals surface area (Å²) in [4.78, 5) is 66.6. The van der Waals surface area contributed by atoms with Crippen molar-refractivity contribution in [3.05, 3.63) is 351 Å². The molecule has 28 nitrogen and oxygen atoms in total. The number of alkyl halides is 12. The molecule has 40 heteroatoms. The summed E-state index contributed by atoms with van der Waals surface area (Å²) in [5.74, 6) is -0.976. The largest absolute Gasteiger partial charge is 0.488 e. The van der Waals surface area contributed by atoms with Gasteiger partial charge in [-0.3, -0.25) is 19.9 Å². The van der Waals surface area contributed by atoms with Crippen LogP contribution < -0.4 is 41.7 Å². The predicted octanol–water partition coefficient (Wildman–Crippen LogP) is 17.4. The minimum atomic E-state index is -4.63. The van der Waals surface area contributed by atoms with Crippen LogP contribution in [-0.2, 0) is 92.2 Å². The maximum absolute atomic E-state index is 14.0. The molecule has 0 amide bonds. The third kappa shape index (κ3) is 21.9. The minimum Gasteiger partial charge on any atom is -0.488 e. The molecule has 1 aliphatic rings. The number of hydrogen-bond donors (Lipinski definition) is 0. The molecule has 0 N–H and O–H groups in total. The van der Waals surface area contributed by atoms with Crippen LogP contribution in [0, 0.1) is 20.8 Å². The second kappa shape index (κ2) is 39.9.